The van der Waals surface area contributed by atoms with E-state index in [1.807, 2.05) is 66.8 Å². The molecule has 0 aliphatic rings. The molecule has 3 unspecified atom stereocenters. The van der Waals surface area contributed by atoms with Crippen LogP contribution in [0.15, 0.2) is 146 Å². The number of esters is 1. The zero-order valence-electron chi connectivity index (χ0n) is 40.6. The van der Waals surface area contributed by atoms with E-state index in [4.69, 9.17) is 4.74 Å². The van der Waals surface area contributed by atoms with Gasteiger partial charge in [0.25, 0.3) is 0 Å². The zero-order valence-corrected chi connectivity index (χ0v) is 40.6. The molecule has 0 saturated heterocycles. The molecule has 1 amide bonds. The summed E-state index contributed by atoms with van der Waals surface area (Å²) >= 11 is 0. The second kappa shape index (κ2) is 49.8. The predicted molar refractivity (Wildman–Crippen MR) is 277 cm³/mol. The molecule has 6 nitrogen and oxygen atoms in total. The molecule has 0 bridgehead atoms. The van der Waals surface area contributed by atoms with Gasteiger partial charge in [0.05, 0.1) is 25.2 Å². The lowest BCUT2D eigenvalue weighted by atomic mass is 10.0. The minimum absolute atomic E-state index is 0.0146. The van der Waals surface area contributed by atoms with Gasteiger partial charge in [-0.1, -0.05) is 237 Å². The van der Waals surface area contributed by atoms with Crippen LogP contribution in [-0.4, -0.2) is 46.9 Å². The molecule has 0 aliphatic carbocycles. The molecule has 0 fully saturated rings. The second-order valence-electron chi connectivity index (χ2n) is 16.3. The maximum Gasteiger partial charge on any atom is 0.306 e. The number of allylic oxidation sites excluding steroid dienone is 24. The van der Waals surface area contributed by atoms with E-state index in [1.54, 1.807) is 0 Å². The van der Waals surface area contributed by atoms with E-state index in [2.05, 4.69) is 105 Å². The SMILES string of the molecule is CC\C=C/C=C/C=C/C=C\C=C\C=C\CCCC(CC(=O)NC(CO)C(O)CCCCCCCCCCCCC)OC(=O)CC/C=C\C/C=C\C/C=C\C/C=C\C/C=C\C/C=C\CC. The van der Waals surface area contributed by atoms with Crippen LogP contribution in [0.25, 0.3) is 0 Å². The Balaban J connectivity index is 4.89. The highest BCUT2D eigenvalue weighted by Gasteiger charge is 2.23. The maximum atomic E-state index is 13.2. The largest absolute Gasteiger partial charge is 0.462 e. The Labute approximate surface area is 392 Å². The molecule has 3 N–H and O–H groups in total. The summed E-state index contributed by atoms with van der Waals surface area (Å²) in [6, 6.07) is -0.751. The summed E-state index contributed by atoms with van der Waals surface area (Å²) in [7, 11) is 0. The minimum Gasteiger partial charge on any atom is -0.462 e. The minimum atomic E-state index is -0.830. The molecule has 0 aromatic carbocycles. The summed E-state index contributed by atoms with van der Waals surface area (Å²) in [5.41, 5.74) is 0. The number of unbranched alkanes of at least 4 members (excludes halogenated alkanes) is 11. The van der Waals surface area contributed by atoms with Crippen molar-refractivity contribution in [3.8, 4) is 0 Å². The third-order valence-corrected chi connectivity index (χ3v) is 10.3. The molecule has 0 spiro atoms. The summed E-state index contributed by atoms with van der Waals surface area (Å²) in [5, 5.41) is 23.7. The molecule has 0 aliphatic heterocycles. The van der Waals surface area contributed by atoms with Gasteiger partial charge in [-0.3, -0.25) is 9.59 Å². The first-order chi connectivity index (χ1) is 31.5. The summed E-state index contributed by atoms with van der Waals surface area (Å²) < 4.78 is 5.84. The number of hydrogen-bond donors (Lipinski definition) is 3. The number of rotatable bonds is 42. The van der Waals surface area contributed by atoms with Crippen LogP contribution >= 0.6 is 0 Å². The Morgan fingerprint density at radius 1 is 0.484 bits per heavy atom. The maximum absolute atomic E-state index is 13.2. The van der Waals surface area contributed by atoms with Crippen LogP contribution in [0, 0.1) is 0 Å². The molecule has 6 heteroatoms. The van der Waals surface area contributed by atoms with Crippen molar-refractivity contribution in [3.63, 3.8) is 0 Å². The van der Waals surface area contributed by atoms with Gasteiger partial charge in [0, 0.05) is 6.42 Å². The van der Waals surface area contributed by atoms with E-state index in [9.17, 15) is 19.8 Å². The number of carbonyl (C=O) groups is 2. The second-order valence-corrected chi connectivity index (χ2v) is 16.3. The molecule has 0 radical (unpaired) electrons. The van der Waals surface area contributed by atoms with Crippen LogP contribution in [0.1, 0.15) is 181 Å². The van der Waals surface area contributed by atoms with Gasteiger partial charge in [0.1, 0.15) is 6.10 Å². The van der Waals surface area contributed by atoms with Gasteiger partial charge >= 0.3 is 5.97 Å². The number of aliphatic hydroxyl groups excluding tert-OH is 2. The average molecular weight is 882 g/mol. The van der Waals surface area contributed by atoms with E-state index < -0.39 is 18.2 Å². The molecule has 3 atom stereocenters. The Morgan fingerprint density at radius 3 is 1.41 bits per heavy atom. The van der Waals surface area contributed by atoms with Gasteiger partial charge in [-0.15, -0.1) is 0 Å². The number of aliphatic hydroxyl groups is 2. The molecule has 0 saturated carbocycles. The lowest BCUT2D eigenvalue weighted by Gasteiger charge is -2.24. The lowest BCUT2D eigenvalue weighted by Crippen LogP contribution is -2.46. The number of hydrogen-bond acceptors (Lipinski definition) is 5. The predicted octanol–water partition coefficient (Wildman–Crippen LogP) is 15.2. The van der Waals surface area contributed by atoms with Crippen LogP contribution in [0.5, 0.6) is 0 Å². The molecule has 0 rings (SSSR count). The lowest BCUT2D eigenvalue weighted by molar-refractivity contribution is -0.150. The Bertz CT molecular complexity index is 1450. The van der Waals surface area contributed by atoms with Crippen LogP contribution in [0.2, 0.25) is 0 Å². The fraction of sp³-hybridized carbons (Fsp3) is 0.552. The normalized spacial score (nSPS) is 14.5. The summed E-state index contributed by atoms with van der Waals surface area (Å²) in [5.74, 6) is -0.668. The van der Waals surface area contributed by atoms with Gasteiger partial charge in [-0.25, -0.2) is 0 Å². The standard InChI is InChI=1S/C58H91NO5/c1-4-7-10-13-16-19-22-24-26-27-28-29-31-33-36-39-42-45-48-51-58(63)64-54(49-46-43-40-37-35-32-30-25-23-20-17-14-11-8-5-2)52-57(62)59-55(53-60)56(61)50-47-44-41-38-34-21-18-15-12-9-6-3/h7-8,10-11,14,16-17,19-20,23-26,28-30,32-33,35-37,40,42,45,54-56,60-61H,4-6,9,12-13,15,18,21-22,27,31,34,38-39,41,43-44,46-53H2,1-3H3,(H,59,62)/b10-7-,11-8-,17-14+,19-16-,23-20+,26-24-,29-28-,30-25-,35-32+,36-33-,40-37+,45-42-. The van der Waals surface area contributed by atoms with Crippen molar-refractivity contribution in [2.75, 3.05) is 6.61 Å². The van der Waals surface area contributed by atoms with Gasteiger partial charge in [0.2, 0.25) is 5.91 Å². The smallest absolute Gasteiger partial charge is 0.306 e. The van der Waals surface area contributed by atoms with Crippen molar-refractivity contribution in [1.82, 2.24) is 5.32 Å². The van der Waals surface area contributed by atoms with E-state index in [0.717, 1.165) is 77.0 Å². The fourth-order valence-electron chi connectivity index (χ4n) is 6.61. The van der Waals surface area contributed by atoms with Gasteiger partial charge < -0.3 is 20.3 Å². The van der Waals surface area contributed by atoms with Crippen molar-refractivity contribution in [3.05, 3.63) is 146 Å². The number of amides is 1. The van der Waals surface area contributed by atoms with Crippen molar-refractivity contribution >= 4 is 11.9 Å². The van der Waals surface area contributed by atoms with Gasteiger partial charge in [-0.2, -0.15) is 0 Å². The molecule has 0 heterocycles. The summed E-state index contributed by atoms with van der Waals surface area (Å²) in [4.78, 5) is 26.1. The topological polar surface area (TPSA) is 95.9 Å². The van der Waals surface area contributed by atoms with E-state index in [1.165, 1.54) is 51.4 Å². The molecule has 64 heavy (non-hydrogen) atoms. The summed E-state index contributed by atoms with van der Waals surface area (Å²) in [6.45, 7) is 6.15. The Kier molecular flexibility index (Phi) is 46.4. The van der Waals surface area contributed by atoms with Crippen LogP contribution in [-0.2, 0) is 14.3 Å². The third kappa shape index (κ3) is 44.4. The Morgan fingerprint density at radius 2 is 0.922 bits per heavy atom. The Hall–Kier alpha value is -4.26. The third-order valence-electron chi connectivity index (χ3n) is 10.3. The average Bonchev–Trinajstić information content (AvgIpc) is 3.29. The highest BCUT2D eigenvalue weighted by atomic mass is 16.5. The van der Waals surface area contributed by atoms with Crippen LogP contribution in [0.3, 0.4) is 0 Å². The van der Waals surface area contributed by atoms with Crippen LogP contribution in [0.4, 0.5) is 0 Å². The molecule has 358 valence electrons. The quantitative estimate of drug-likeness (QED) is 0.0246. The first-order valence-electron chi connectivity index (χ1n) is 25.1. The number of nitrogens with one attached hydrogen (secondary N) is 1. The van der Waals surface area contributed by atoms with E-state index in [-0.39, 0.29) is 31.3 Å². The first kappa shape index (κ1) is 59.7. The fourth-order valence-corrected chi connectivity index (χ4v) is 6.61. The molecule has 0 aromatic heterocycles. The highest BCUT2D eigenvalue weighted by molar-refractivity contribution is 5.77. The number of carbonyl (C=O) groups excluding carboxylic acids is 2. The monoisotopic (exact) mass is 882 g/mol. The molecular formula is C58H91NO5. The van der Waals surface area contributed by atoms with Crippen molar-refractivity contribution in [2.24, 2.45) is 0 Å². The summed E-state index contributed by atoms with van der Waals surface area (Å²) in [6.07, 6.45) is 72.0. The first-order valence-corrected chi connectivity index (χ1v) is 25.1. The van der Waals surface area contributed by atoms with Crippen molar-refractivity contribution in [1.29, 1.82) is 0 Å². The van der Waals surface area contributed by atoms with Crippen molar-refractivity contribution < 1.29 is 24.5 Å². The number of ether oxygens (including phenoxy) is 1. The zero-order chi connectivity index (χ0) is 46.7. The van der Waals surface area contributed by atoms with E-state index in [0.29, 0.717) is 19.3 Å². The van der Waals surface area contributed by atoms with Crippen molar-refractivity contribution in [2.45, 2.75) is 200 Å². The van der Waals surface area contributed by atoms with Crippen LogP contribution < -0.4 is 5.32 Å². The molecular weight excluding hydrogens is 791 g/mol. The van der Waals surface area contributed by atoms with E-state index >= 15 is 0 Å². The highest BCUT2D eigenvalue weighted by Crippen LogP contribution is 2.15. The van der Waals surface area contributed by atoms with Gasteiger partial charge in [0.15, 0.2) is 0 Å². The van der Waals surface area contributed by atoms with Gasteiger partial charge in [-0.05, 0) is 77.0 Å². The molecule has 0 aromatic rings.